The second kappa shape index (κ2) is 11.9. The Bertz CT molecular complexity index is 1060. The van der Waals surface area contributed by atoms with Crippen LogP contribution < -0.4 is 22.2 Å². The van der Waals surface area contributed by atoms with Crippen LogP contribution in [0.25, 0.3) is 0 Å². The zero-order valence-corrected chi connectivity index (χ0v) is 17.9. The summed E-state index contributed by atoms with van der Waals surface area (Å²) >= 11 is 0. The van der Waals surface area contributed by atoms with E-state index in [2.05, 4.69) is 10.3 Å². The summed E-state index contributed by atoms with van der Waals surface area (Å²) in [7, 11) is 0. The molecule has 0 saturated heterocycles. The number of carbonyl (C=O) groups is 2. The Morgan fingerprint density at radius 2 is 1.71 bits per heavy atom. The van der Waals surface area contributed by atoms with E-state index >= 15 is 0 Å². The minimum atomic E-state index is -2.14. The first-order valence-electron chi connectivity index (χ1n) is 9.88. The molecule has 1 amide bonds. The van der Waals surface area contributed by atoms with Crippen LogP contribution in [-0.2, 0) is 20.9 Å². The molecule has 0 heterocycles. The molecule has 2 rings (SSSR count). The number of nitrogens with one attached hydrogen (secondary N) is 2. The number of nitro groups is 2. The molecule has 0 aliphatic carbocycles. The second-order valence-electron chi connectivity index (χ2n) is 7.03. The van der Waals surface area contributed by atoms with Gasteiger partial charge in [0.1, 0.15) is 6.61 Å². The first-order chi connectivity index (χ1) is 16.1. The Morgan fingerprint density at radius 1 is 1.06 bits per heavy atom. The van der Waals surface area contributed by atoms with E-state index in [-0.39, 0.29) is 37.4 Å². The number of hydrogen-bond acceptors (Lipinski definition) is 9. The van der Waals surface area contributed by atoms with E-state index in [0.29, 0.717) is 5.56 Å². The molecule has 14 heteroatoms. The molecule has 0 aromatic heterocycles. The minimum absolute atomic E-state index is 0.0602. The monoisotopic (exact) mass is 473 g/mol. The molecule has 180 valence electrons. The van der Waals surface area contributed by atoms with E-state index in [4.69, 9.17) is 16.2 Å². The number of benzene rings is 2. The van der Waals surface area contributed by atoms with Crippen LogP contribution in [0.3, 0.4) is 0 Å². The van der Waals surface area contributed by atoms with Crippen LogP contribution in [-0.4, -0.2) is 39.9 Å². The third-order valence-electron chi connectivity index (χ3n) is 4.54. The SMILES string of the molecule is NC(=NCCC[C@](N)(C(=O)Nc1ccc([N+](=O)[O-])cc1)C(=O)OCc1ccccc1)N[N+](=O)[O-]. The lowest BCUT2D eigenvalue weighted by Gasteiger charge is -2.26. The fraction of sp³-hybridized carbons (Fsp3) is 0.250. The molecule has 34 heavy (non-hydrogen) atoms. The number of nitrogens with zero attached hydrogens (tertiary/aromatic N) is 3. The number of guanidine groups is 1. The number of amides is 1. The summed E-state index contributed by atoms with van der Waals surface area (Å²) in [4.78, 5) is 50.1. The van der Waals surface area contributed by atoms with Crippen LogP contribution in [0.4, 0.5) is 11.4 Å². The molecule has 14 nitrogen and oxygen atoms in total. The Morgan fingerprint density at radius 3 is 2.29 bits per heavy atom. The highest BCUT2D eigenvalue weighted by molar-refractivity contribution is 6.12. The molecule has 0 saturated carbocycles. The molecule has 1 atom stereocenters. The van der Waals surface area contributed by atoms with Crippen LogP contribution >= 0.6 is 0 Å². The molecule has 0 aliphatic rings. The molecule has 6 N–H and O–H groups in total. The fourth-order valence-electron chi connectivity index (χ4n) is 2.76. The van der Waals surface area contributed by atoms with Crippen LogP contribution in [0.15, 0.2) is 59.6 Å². The standard InChI is InChI=1S/C20H23N7O7/c21-19(25-27(32)33)23-12-4-11-20(22,18(29)34-13-14-5-2-1-3-6-14)17(28)24-15-7-9-16(10-8-15)26(30)31/h1-3,5-10H,4,11-13,22H2,(H,24,28)(H3,21,23,25)/t20-/m0/s1. The quantitative estimate of drug-likeness (QED) is 0.0685. The average Bonchev–Trinajstić information content (AvgIpc) is 2.80. The lowest BCUT2D eigenvalue weighted by Crippen LogP contribution is -2.58. The van der Waals surface area contributed by atoms with Gasteiger partial charge < -0.3 is 21.5 Å². The molecule has 0 spiro atoms. The second-order valence-corrected chi connectivity index (χ2v) is 7.03. The van der Waals surface area contributed by atoms with Gasteiger partial charge in [-0.05, 0) is 30.5 Å². The van der Waals surface area contributed by atoms with Gasteiger partial charge in [-0.2, -0.15) is 0 Å². The normalized spacial score (nSPS) is 12.8. The summed E-state index contributed by atoms with van der Waals surface area (Å²) < 4.78 is 5.26. The van der Waals surface area contributed by atoms with E-state index < -0.39 is 33.3 Å². The van der Waals surface area contributed by atoms with Gasteiger partial charge in [0.2, 0.25) is 0 Å². The summed E-state index contributed by atoms with van der Waals surface area (Å²) in [5.41, 5.74) is 11.7. The molecule has 0 fully saturated rings. The Kier molecular flexibility index (Phi) is 8.96. The van der Waals surface area contributed by atoms with Crippen LogP contribution in [0.2, 0.25) is 0 Å². The Labute approximate surface area is 193 Å². The Hall–Kier alpha value is -4.59. The van der Waals surface area contributed by atoms with Gasteiger partial charge in [-0.1, -0.05) is 35.8 Å². The maximum absolute atomic E-state index is 12.9. The summed E-state index contributed by atoms with van der Waals surface area (Å²) in [6, 6.07) is 13.7. The number of carbonyl (C=O) groups excluding carboxylic acids is 2. The third kappa shape index (κ3) is 7.52. The zero-order chi connectivity index (χ0) is 25.1. The van der Waals surface area contributed by atoms with E-state index in [1.165, 1.54) is 24.3 Å². The van der Waals surface area contributed by atoms with Crippen molar-refractivity contribution in [2.45, 2.75) is 25.0 Å². The van der Waals surface area contributed by atoms with Gasteiger partial charge in [-0.15, -0.1) is 0 Å². The van der Waals surface area contributed by atoms with Crippen molar-refractivity contribution in [3.05, 3.63) is 80.4 Å². The molecule has 0 unspecified atom stereocenters. The number of rotatable bonds is 11. The van der Waals surface area contributed by atoms with Crippen molar-refractivity contribution in [1.82, 2.24) is 5.43 Å². The van der Waals surface area contributed by atoms with E-state index in [0.717, 1.165) is 0 Å². The number of non-ortho nitro benzene ring substituents is 1. The third-order valence-corrected chi connectivity index (χ3v) is 4.54. The molecular weight excluding hydrogens is 450 g/mol. The average molecular weight is 473 g/mol. The van der Waals surface area contributed by atoms with Crippen molar-refractivity contribution in [2.75, 3.05) is 11.9 Å². The summed E-state index contributed by atoms with van der Waals surface area (Å²) in [6.07, 6.45) is -0.167. The molecule has 0 radical (unpaired) electrons. The van der Waals surface area contributed by atoms with Gasteiger partial charge in [0, 0.05) is 24.4 Å². The highest BCUT2D eigenvalue weighted by atomic mass is 16.7. The molecule has 2 aromatic carbocycles. The number of hydrazine groups is 1. The number of hydrogen-bond donors (Lipinski definition) is 4. The maximum atomic E-state index is 12.9. The number of anilines is 1. The maximum Gasteiger partial charge on any atom is 0.336 e. The van der Waals surface area contributed by atoms with Gasteiger partial charge in [0.25, 0.3) is 17.6 Å². The van der Waals surface area contributed by atoms with Crippen molar-refractivity contribution in [2.24, 2.45) is 16.5 Å². The molecule has 2 aromatic rings. The van der Waals surface area contributed by atoms with Crippen molar-refractivity contribution in [1.29, 1.82) is 0 Å². The van der Waals surface area contributed by atoms with Crippen molar-refractivity contribution in [3.63, 3.8) is 0 Å². The molecule has 0 bridgehead atoms. The van der Waals surface area contributed by atoms with Crippen LogP contribution in [0, 0.1) is 20.2 Å². The van der Waals surface area contributed by atoms with Gasteiger partial charge >= 0.3 is 5.97 Å². The summed E-state index contributed by atoms with van der Waals surface area (Å²) in [6.45, 7) is -0.191. The molecule has 0 aliphatic heterocycles. The summed E-state index contributed by atoms with van der Waals surface area (Å²) in [5, 5.41) is 22.7. The van der Waals surface area contributed by atoms with Gasteiger partial charge in [-0.3, -0.25) is 14.9 Å². The highest BCUT2D eigenvalue weighted by Gasteiger charge is 2.43. The topological polar surface area (TPSA) is 218 Å². The van der Waals surface area contributed by atoms with Crippen molar-refractivity contribution >= 4 is 29.2 Å². The van der Waals surface area contributed by atoms with Crippen molar-refractivity contribution in [3.8, 4) is 0 Å². The predicted octanol–water partition coefficient (Wildman–Crippen LogP) is 0.850. The zero-order valence-electron chi connectivity index (χ0n) is 17.9. The van der Waals surface area contributed by atoms with Crippen molar-refractivity contribution < 1.29 is 24.3 Å². The number of nitro benzene ring substituents is 1. The minimum Gasteiger partial charge on any atom is -0.459 e. The van der Waals surface area contributed by atoms with E-state index in [1.54, 1.807) is 35.8 Å². The van der Waals surface area contributed by atoms with Crippen LogP contribution in [0.1, 0.15) is 18.4 Å². The fourth-order valence-corrected chi connectivity index (χ4v) is 2.76. The van der Waals surface area contributed by atoms with Gasteiger partial charge in [0.05, 0.1) is 4.92 Å². The number of ether oxygens (including phenoxy) is 1. The lowest BCUT2D eigenvalue weighted by atomic mass is 9.93. The van der Waals surface area contributed by atoms with E-state index in [1.807, 2.05) is 0 Å². The smallest absolute Gasteiger partial charge is 0.336 e. The summed E-state index contributed by atoms with van der Waals surface area (Å²) in [5.74, 6) is -2.36. The number of nitrogens with two attached hydrogens (primary N) is 2. The predicted molar refractivity (Wildman–Crippen MR) is 121 cm³/mol. The Balaban J connectivity index is 2.13. The van der Waals surface area contributed by atoms with Crippen LogP contribution in [0.5, 0.6) is 0 Å². The van der Waals surface area contributed by atoms with E-state index in [9.17, 15) is 29.8 Å². The largest absolute Gasteiger partial charge is 0.459 e. The molecular formula is C20H23N7O7. The first kappa shape index (κ1) is 25.7. The van der Waals surface area contributed by atoms with Gasteiger partial charge in [-0.25, -0.2) is 19.9 Å². The van der Waals surface area contributed by atoms with Gasteiger partial charge in [0.15, 0.2) is 10.6 Å². The lowest BCUT2D eigenvalue weighted by molar-refractivity contribution is -0.525. The highest BCUT2D eigenvalue weighted by Crippen LogP contribution is 2.20. The number of esters is 1. The number of aliphatic imine (C=N–C) groups is 1. The first-order valence-corrected chi connectivity index (χ1v) is 9.88.